The normalized spacial score (nSPS) is 11.3. The molecule has 1 rings (SSSR count). The van der Waals surface area contributed by atoms with Gasteiger partial charge in [-0.25, -0.2) is 8.42 Å². The van der Waals surface area contributed by atoms with Crippen LogP contribution in [0, 0.1) is 0 Å². The van der Waals surface area contributed by atoms with Crippen LogP contribution >= 0.6 is 11.6 Å². The summed E-state index contributed by atoms with van der Waals surface area (Å²) in [6.07, 6.45) is 4.17. The molecule has 4 nitrogen and oxygen atoms in total. The van der Waals surface area contributed by atoms with Crippen LogP contribution in [0.25, 0.3) is 0 Å². The quantitative estimate of drug-likeness (QED) is 0.750. The third-order valence-corrected chi connectivity index (χ3v) is 4.73. The number of amides is 1. The minimum absolute atomic E-state index is 0.114. The Morgan fingerprint density at radius 1 is 1.15 bits per heavy atom. The molecule has 0 heterocycles. The van der Waals surface area contributed by atoms with Crippen LogP contribution in [0.4, 0.5) is 0 Å². The van der Waals surface area contributed by atoms with Crippen molar-refractivity contribution < 1.29 is 13.2 Å². The van der Waals surface area contributed by atoms with Crippen LogP contribution < -0.4 is 5.32 Å². The van der Waals surface area contributed by atoms with Gasteiger partial charge in [0, 0.05) is 11.6 Å². The second-order valence-electron chi connectivity index (χ2n) is 4.62. The lowest BCUT2D eigenvalue weighted by Gasteiger charge is -2.06. The fourth-order valence-corrected chi connectivity index (χ4v) is 3.02. The number of carbonyl (C=O) groups is 1. The van der Waals surface area contributed by atoms with Crippen LogP contribution in [-0.4, -0.2) is 26.6 Å². The minimum atomic E-state index is -3.59. The molecule has 0 aromatic heterocycles. The molecule has 0 radical (unpaired) electrons. The van der Waals surface area contributed by atoms with Crippen LogP contribution in [0.1, 0.15) is 32.6 Å². The Morgan fingerprint density at radius 3 is 2.40 bits per heavy atom. The van der Waals surface area contributed by atoms with Gasteiger partial charge in [0.25, 0.3) is 0 Å². The smallest absolute Gasteiger partial charge is 0.235 e. The highest BCUT2D eigenvalue weighted by molar-refractivity contribution is 7.92. The molecule has 1 aromatic rings. The molecule has 0 fully saturated rings. The summed E-state index contributed by atoms with van der Waals surface area (Å²) in [6, 6.07) is 5.81. The van der Waals surface area contributed by atoms with Crippen molar-refractivity contribution in [1.82, 2.24) is 5.32 Å². The van der Waals surface area contributed by atoms with Gasteiger partial charge in [0.2, 0.25) is 5.91 Å². The van der Waals surface area contributed by atoms with Crippen molar-refractivity contribution in [3.8, 4) is 0 Å². The molecular weight excluding hydrogens is 298 g/mol. The van der Waals surface area contributed by atoms with Crippen molar-refractivity contribution >= 4 is 27.3 Å². The van der Waals surface area contributed by atoms with Gasteiger partial charge < -0.3 is 5.32 Å². The summed E-state index contributed by atoms with van der Waals surface area (Å²) in [5, 5.41) is 3.10. The van der Waals surface area contributed by atoms with E-state index in [0.717, 1.165) is 25.7 Å². The molecule has 0 atom stereocenters. The molecule has 112 valence electrons. The van der Waals surface area contributed by atoms with Crippen molar-refractivity contribution in [2.45, 2.75) is 37.5 Å². The molecular formula is C14H20ClNO3S. The number of rotatable bonds is 8. The molecule has 0 unspecified atom stereocenters. The lowest BCUT2D eigenvalue weighted by molar-refractivity contribution is -0.118. The Balaban J connectivity index is 2.46. The first-order valence-electron chi connectivity index (χ1n) is 6.70. The molecule has 0 aliphatic carbocycles. The molecule has 20 heavy (non-hydrogen) atoms. The van der Waals surface area contributed by atoms with Gasteiger partial charge in [0.15, 0.2) is 9.84 Å². The van der Waals surface area contributed by atoms with Crippen molar-refractivity contribution in [3.05, 3.63) is 29.3 Å². The van der Waals surface area contributed by atoms with Crippen LogP contribution in [0.15, 0.2) is 29.2 Å². The number of nitrogens with one attached hydrogen (secondary N) is 1. The van der Waals surface area contributed by atoms with Crippen LogP contribution in [0.3, 0.4) is 0 Å². The summed E-state index contributed by atoms with van der Waals surface area (Å²) in [5.74, 6) is -0.987. The second kappa shape index (κ2) is 8.27. The maximum atomic E-state index is 12.0. The predicted octanol–water partition coefficient (Wildman–Crippen LogP) is 2.81. The highest BCUT2D eigenvalue weighted by Gasteiger charge is 2.18. The van der Waals surface area contributed by atoms with E-state index >= 15 is 0 Å². The molecule has 0 spiro atoms. The molecule has 0 aliphatic heterocycles. The standard InChI is InChI=1S/C14H20ClNO3S/c1-2-3-4-5-10-16-14(17)11-20(18,19)13-8-6-12(15)7-9-13/h6-9H,2-5,10-11H2,1H3,(H,16,17). The topological polar surface area (TPSA) is 63.2 Å². The van der Waals surface area contributed by atoms with Gasteiger partial charge in [-0.05, 0) is 30.7 Å². The zero-order valence-electron chi connectivity index (χ0n) is 11.6. The molecule has 1 amide bonds. The zero-order chi connectivity index (χ0) is 15.0. The number of sulfone groups is 1. The second-order valence-corrected chi connectivity index (χ2v) is 7.05. The lowest BCUT2D eigenvalue weighted by Crippen LogP contribution is -2.31. The average Bonchev–Trinajstić information content (AvgIpc) is 2.38. The summed E-state index contributed by atoms with van der Waals surface area (Å²) in [7, 11) is -3.59. The number of benzene rings is 1. The summed E-state index contributed by atoms with van der Waals surface area (Å²) >= 11 is 5.70. The first kappa shape index (κ1) is 17.0. The molecule has 0 saturated carbocycles. The maximum absolute atomic E-state index is 12.0. The minimum Gasteiger partial charge on any atom is -0.355 e. The van der Waals surface area contributed by atoms with Crippen LogP contribution in [-0.2, 0) is 14.6 Å². The van der Waals surface area contributed by atoms with Gasteiger partial charge >= 0.3 is 0 Å². The predicted molar refractivity (Wildman–Crippen MR) is 80.7 cm³/mol. The van der Waals surface area contributed by atoms with Gasteiger partial charge in [0.1, 0.15) is 5.75 Å². The number of halogens is 1. The third-order valence-electron chi connectivity index (χ3n) is 2.85. The van der Waals surface area contributed by atoms with Crippen molar-refractivity contribution in [1.29, 1.82) is 0 Å². The van der Waals surface area contributed by atoms with E-state index in [0.29, 0.717) is 11.6 Å². The maximum Gasteiger partial charge on any atom is 0.235 e. The third kappa shape index (κ3) is 5.92. The Bertz CT molecular complexity index is 526. The van der Waals surface area contributed by atoms with Crippen LogP contribution in [0.2, 0.25) is 5.02 Å². The van der Waals surface area contributed by atoms with Crippen molar-refractivity contribution in [3.63, 3.8) is 0 Å². The van der Waals surface area contributed by atoms with Gasteiger partial charge in [0.05, 0.1) is 4.90 Å². The monoisotopic (exact) mass is 317 g/mol. The summed E-state index contributed by atoms with van der Waals surface area (Å²) < 4.78 is 24.0. The molecule has 0 bridgehead atoms. The Hall–Kier alpha value is -1.07. The summed E-state index contributed by atoms with van der Waals surface area (Å²) in [6.45, 7) is 2.63. The number of unbranched alkanes of at least 4 members (excludes halogenated alkanes) is 3. The molecule has 1 N–H and O–H groups in total. The largest absolute Gasteiger partial charge is 0.355 e. The summed E-state index contributed by atoms with van der Waals surface area (Å²) in [4.78, 5) is 11.7. The number of carbonyl (C=O) groups excluding carboxylic acids is 1. The van der Waals surface area contributed by atoms with Crippen molar-refractivity contribution in [2.75, 3.05) is 12.3 Å². The summed E-state index contributed by atoms with van der Waals surface area (Å²) in [5.41, 5.74) is 0. The van der Waals surface area contributed by atoms with E-state index in [1.54, 1.807) is 0 Å². The van der Waals surface area contributed by atoms with Gasteiger partial charge in [-0.3, -0.25) is 4.79 Å². The Morgan fingerprint density at radius 2 is 1.80 bits per heavy atom. The van der Waals surface area contributed by atoms with E-state index in [-0.39, 0.29) is 4.90 Å². The van der Waals surface area contributed by atoms with E-state index < -0.39 is 21.5 Å². The van der Waals surface area contributed by atoms with Gasteiger partial charge in [-0.2, -0.15) is 0 Å². The lowest BCUT2D eigenvalue weighted by atomic mass is 10.2. The van der Waals surface area contributed by atoms with Crippen molar-refractivity contribution in [2.24, 2.45) is 0 Å². The van der Waals surface area contributed by atoms with Gasteiger partial charge in [-0.15, -0.1) is 0 Å². The Labute approximate surface area is 125 Å². The first-order chi connectivity index (χ1) is 9.45. The highest BCUT2D eigenvalue weighted by Crippen LogP contribution is 2.15. The zero-order valence-corrected chi connectivity index (χ0v) is 13.1. The van der Waals surface area contributed by atoms with E-state index in [1.165, 1.54) is 24.3 Å². The fraction of sp³-hybridized carbons (Fsp3) is 0.500. The number of hydrogen-bond donors (Lipinski definition) is 1. The SMILES string of the molecule is CCCCCCNC(=O)CS(=O)(=O)c1ccc(Cl)cc1. The van der Waals surface area contributed by atoms with E-state index in [2.05, 4.69) is 12.2 Å². The average molecular weight is 318 g/mol. The number of hydrogen-bond acceptors (Lipinski definition) is 3. The molecule has 6 heteroatoms. The van der Waals surface area contributed by atoms with E-state index in [4.69, 9.17) is 11.6 Å². The Kier molecular flexibility index (Phi) is 7.02. The van der Waals surface area contributed by atoms with Gasteiger partial charge in [-0.1, -0.05) is 37.8 Å². The fourth-order valence-electron chi connectivity index (χ4n) is 1.73. The van der Waals surface area contributed by atoms with Crippen LogP contribution in [0.5, 0.6) is 0 Å². The van der Waals surface area contributed by atoms with E-state index in [9.17, 15) is 13.2 Å². The first-order valence-corrected chi connectivity index (χ1v) is 8.74. The van der Waals surface area contributed by atoms with E-state index in [1.807, 2.05) is 0 Å². The highest BCUT2D eigenvalue weighted by atomic mass is 35.5. The molecule has 0 aliphatic rings. The molecule has 1 aromatic carbocycles. The molecule has 0 saturated heterocycles.